The molecule has 1 amide bonds. The number of nitrogens with one attached hydrogen (secondary N) is 1. The molecule has 0 aliphatic rings. The van der Waals surface area contributed by atoms with E-state index >= 15 is 0 Å². The molecule has 2 atom stereocenters. The molecular weight excluding hydrogens is 366 g/mol. The fourth-order valence-electron chi connectivity index (χ4n) is 1.82. The van der Waals surface area contributed by atoms with Gasteiger partial charge in [-0.05, 0) is 45.4 Å². The van der Waals surface area contributed by atoms with E-state index in [0.29, 0.717) is 5.56 Å². The number of carbonyl (C=O) groups is 2. The molecule has 0 aromatic heterocycles. The highest BCUT2D eigenvalue weighted by molar-refractivity contribution is 9.10. The Labute approximate surface area is 144 Å². The Morgan fingerprint density at radius 1 is 1.35 bits per heavy atom. The minimum atomic E-state index is -1.26. The third-order valence-electron chi connectivity index (χ3n) is 2.72. The van der Waals surface area contributed by atoms with Crippen molar-refractivity contribution in [3.8, 4) is 0 Å². The van der Waals surface area contributed by atoms with Crippen LogP contribution >= 0.6 is 15.9 Å². The number of esters is 1. The van der Waals surface area contributed by atoms with Crippen molar-refractivity contribution >= 4 is 28.0 Å². The topological polar surface area (TPSA) is 84.9 Å². The molecule has 0 saturated carbocycles. The predicted octanol–water partition coefficient (Wildman–Crippen LogP) is 2.94. The number of alkyl carbamates (subject to hydrolysis) is 1. The lowest BCUT2D eigenvalue weighted by Gasteiger charge is -2.25. The van der Waals surface area contributed by atoms with Crippen LogP contribution in [0.1, 0.15) is 39.4 Å². The summed E-state index contributed by atoms with van der Waals surface area (Å²) < 4.78 is 10.8. The minimum Gasteiger partial charge on any atom is -0.464 e. The maximum Gasteiger partial charge on any atom is 0.408 e. The van der Waals surface area contributed by atoms with Gasteiger partial charge < -0.3 is 19.9 Å². The van der Waals surface area contributed by atoms with Gasteiger partial charge in [0.15, 0.2) is 6.04 Å². The van der Waals surface area contributed by atoms with Crippen LogP contribution in [0.3, 0.4) is 0 Å². The molecular formula is C16H22BrNO5. The van der Waals surface area contributed by atoms with E-state index in [1.165, 1.54) is 0 Å². The van der Waals surface area contributed by atoms with Crippen LogP contribution in [-0.2, 0) is 14.3 Å². The van der Waals surface area contributed by atoms with Gasteiger partial charge in [0.1, 0.15) is 11.7 Å². The van der Waals surface area contributed by atoms with E-state index in [9.17, 15) is 14.7 Å². The summed E-state index contributed by atoms with van der Waals surface area (Å²) in [6, 6.07) is 5.56. The first-order chi connectivity index (χ1) is 10.6. The molecule has 6 nitrogen and oxygen atoms in total. The smallest absolute Gasteiger partial charge is 0.408 e. The molecule has 128 valence electrons. The van der Waals surface area contributed by atoms with Crippen molar-refractivity contribution in [2.75, 3.05) is 6.61 Å². The zero-order valence-corrected chi connectivity index (χ0v) is 15.2. The third-order valence-corrected chi connectivity index (χ3v) is 3.21. The van der Waals surface area contributed by atoms with Gasteiger partial charge in [0.05, 0.1) is 6.61 Å². The lowest BCUT2D eigenvalue weighted by atomic mass is 10.0. The molecule has 23 heavy (non-hydrogen) atoms. The lowest BCUT2D eigenvalue weighted by molar-refractivity contribution is -0.148. The van der Waals surface area contributed by atoms with Crippen LogP contribution in [0.4, 0.5) is 4.79 Å². The van der Waals surface area contributed by atoms with E-state index in [1.54, 1.807) is 52.0 Å². The number of hydrogen-bond acceptors (Lipinski definition) is 5. The number of amides is 1. The number of carbonyl (C=O) groups excluding carboxylic acids is 2. The Morgan fingerprint density at radius 3 is 2.52 bits per heavy atom. The molecule has 2 N–H and O–H groups in total. The molecule has 0 aliphatic carbocycles. The van der Waals surface area contributed by atoms with E-state index < -0.39 is 29.8 Å². The van der Waals surface area contributed by atoms with E-state index in [-0.39, 0.29) is 6.61 Å². The van der Waals surface area contributed by atoms with Gasteiger partial charge >= 0.3 is 12.1 Å². The van der Waals surface area contributed by atoms with E-state index in [4.69, 9.17) is 9.47 Å². The summed E-state index contributed by atoms with van der Waals surface area (Å²) in [7, 11) is 0. The quantitative estimate of drug-likeness (QED) is 0.758. The van der Waals surface area contributed by atoms with Crippen molar-refractivity contribution in [3.63, 3.8) is 0 Å². The largest absolute Gasteiger partial charge is 0.464 e. The highest BCUT2D eigenvalue weighted by Gasteiger charge is 2.32. The minimum absolute atomic E-state index is 0.135. The Kier molecular flexibility index (Phi) is 7.02. The van der Waals surface area contributed by atoms with Gasteiger partial charge in [-0.2, -0.15) is 0 Å². The molecule has 0 saturated heterocycles. The van der Waals surface area contributed by atoms with Crippen molar-refractivity contribution < 1.29 is 24.2 Å². The SMILES string of the molecule is CCOC(=O)[C@H](NC(=O)OC(C)(C)C)[C@@H](O)c1cccc(Br)c1. The summed E-state index contributed by atoms with van der Waals surface area (Å²) >= 11 is 3.30. The highest BCUT2D eigenvalue weighted by Crippen LogP contribution is 2.22. The zero-order valence-electron chi connectivity index (χ0n) is 13.6. The second-order valence-corrected chi connectivity index (χ2v) is 6.79. The second-order valence-electron chi connectivity index (χ2n) is 5.88. The van der Waals surface area contributed by atoms with Gasteiger partial charge in [-0.1, -0.05) is 28.1 Å². The Morgan fingerprint density at radius 2 is 2.00 bits per heavy atom. The molecule has 0 unspecified atom stereocenters. The number of benzene rings is 1. The first kappa shape index (κ1) is 19.4. The second kappa shape index (κ2) is 8.31. The van der Waals surface area contributed by atoms with Crippen LogP contribution in [0.25, 0.3) is 0 Å². The molecule has 1 rings (SSSR count). The van der Waals surface area contributed by atoms with E-state index in [0.717, 1.165) is 4.47 Å². The van der Waals surface area contributed by atoms with Crippen molar-refractivity contribution in [2.45, 2.75) is 45.4 Å². The summed E-state index contributed by atoms with van der Waals surface area (Å²) in [5, 5.41) is 12.8. The highest BCUT2D eigenvalue weighted by atomic mass is 79.9. The number of hydrogen-bond donors (Lipinski definition) is 2. The molecule has 1 aromatic carbocycles. The van der Waals surface area contributed by atoms with Crippen molar-refractivity contribution in [2.24, 2.45) is 0 Å². The molecule has 0 bridgehead atoms. The van der Waals surface area contributed by atoms with Crippen molar-refractivity contribution in [1.29, 1.82) is 0 Å². The monoisotopic (exact) mass is 387 g/mol. The summed E-state index contributed by atoms with van der Waals surface area (Å²) in [5.41, 5.74) is -0.252. The van der Waals surface area contributed by atoms with Crippen LogP contribution in [0, 0.1) is 0 Å². The van der Waals surface area contributed by atoms with Gasteiger partial charge in [0, 0.05) is 4.47 Å². The van der Waals surface area contributed by atoms with Gasteiger partial charge in [-0.15, -0.1) is 0 Å². The molecule has 0 aliphatic heterocycles. The van der Waals surface area contributed by atoms with Crippen LogP contribution in [0.5, 0.6) is 0 Å². The van der Waals surface area contributed by atoms with Crippen LogP contribution in [0.15, 0.2) is 28.7 Å². The summed E-state index contributed by atoms with van der Waals surface area (Å²) in [4.78, 5) is 24.0. The molecule has 0 fully saturated rings. The molecule has 1 aromatic rings. The third kappa shape index (κ3) is 6.58. The first-order valence-electron chi connectivity index (χ1n) is 7.23. The van der Waals surface area contributed by atoms with Gasteiger partial charge in [-0.3, -0.25) is 0 Å². The van der Waals surface area contributed by atoms with E-state index in [1.807, 2.05) is 0 Å². The normalized spacial score (nSPS) is 13.8. The fraction of sp³-hybridized carbons (Fsp3) is 0.500. The first-order valence-corrected chi connectivity index (χ1v) is 8.03. The average Bonchev–Trinajstić information content (AvgIpc) is 2.42. The summed E-state index contributed by atoms with van der Waals surface area (Å²) in [6.07, 6.45) is -2.07. The Bertz CT molecular complexity index is 556. The van der Waals surface area contributed by atoms with Gasteiger partial charge in [0.2, 0.25) is 0 Å². The predicted molar refractivity (Wildman–Crippen MR) is 88.9 cm³/mol. The Balaban J connectivity index is 2.96. The zero-order chi connectivity index (χ0) is 17.6. The number of aliphatic hydroxyl groups excluding tert-OH is 1. The average molecular weight is 388 g/mol. The van der Waals surface area contributed by atoms with Crippen LogP contribution < -0.4 is 5.32 Å². The van der Waals surface area contributed by atoms with Crippen LogP contribution in [-0.4, -0.2) is 35.4 Å². The van der Waals surface area contributed by atoms with E-state index in [2.05, 4.69) is 21.2 Å². The van der Waals surface area contributed by atoms with Crippen molar-refractivity contribution in [3.05, 3.63) is 34.3 Å². The summed E-state index contributed by atoms with van der Waals surface area (Å²) in [6.45, 7) is 6.90. The van der Waals surface area contributed by atoms with Crippen LogP contribution in [0.2, 0.25) is 0 Å². The summed E-state index contributed by atoms with van der Waals surface area (Å²) in [5.74, 6) is -0.731. The number of aliphatic hydroxyl groups is 1. The number of rotatable bonds is 5. The maximum atomic E-state index is 12.1. The maximum absolute atomic E-state index is 12.1. The van der Waals surface area contributed by atoms with Gasteiger partial charge in [0.25, 0.3) is 0 Å². The lowest BCUT2D eigenvalue weighted by Crippen LogP contribution is -2.47. The number of halogens is 1. The molecule has 0 heterocycles. The molecule has 0 spiro atoms. The van der Waals surface area contributed by atoms with Gasteiger partial charge in [-0.25, -0.2) is 9.59 Å². The standard InChI is InChI=1S/C16H22BrNO5/c1-5-22-14(20)12(18-15(21)23-16(2,3)4)13(19)10-7-6-8-11(17)9-10/h6-9,12-13,19H,5H2,1-4H3,(H,18,21)/t12-,13+/m1/s1. The van der Waals surface area contributed by atoms with Crippen molar-refractivity contribution in [1.82, 2.24) is 5.32 Å². The molecule has 7 heteroatoms. The fourth-order valence-corrected chi connectivity index (χ4v) is 2.23. The number of ether oxygens (including phenoxy) is 2. The Hall–Kier alpha value is -1.60. The molecule has 0 radical (unpaired) electrons.